The third-order valence-electron chi connectivity index (χ3n) is 4.98. The maximum atomic E-state index is 12.8. The number of benzene rings is 2. The number of esters is 1. The molecule has 0 unspecified atom stereocenters. The predicted octanol–water partition coefficient (Wildman–Crippen LogP) is 2.89. The van der Waals surface area contributed by atoms with Gasteiger partial charge in [0.1, 0.15) is 13.2 Å². The van der Waals surface area contributed by atoms with Crippen LogP contribution in [0.2, 0.25) is 5.02 Å². The molecular formula is C21H19ClN2O6. The Morgan fingerprint density at radius 2 is 1.90 bits per heavy atom. The van der Waals surface area contributed by atoms with E-state index in [0.29, 0.717) is 35.4 Å². The zero-order valence-corrected chi connectivity index (χ0v) is 16.9. The number of amides is 2. The van der Waals surface area contributed by atoms with Gasteiger partial charge in [-0.25, -0.2) is 4.79 Å². The fourth-order valence-electron chi connectivity index (χ4n) is 3.48. The Bertz CT molecular complexity index is 1020. The Morgan fingerprint density at radius 1 is 1.13 bits per heavy atom. The van der Waals surface area contributed by atoms with Crippen molar-refractivity contribution in [2.24, 2.45) is 5.92 Å². The summed E-state index contributed by atoms with van der Waals surface area (Å²) in [6.45, 7) is 1.13. The highest BCUT2D eigenvalue weighted by Gasteiger charge is 2.36. The summed E-state index contributed by atoms with van der Waals surface area (Å²) in [5.41, 5.74) is 1.06. The molecular weight excluding hydrogens is 412 g/mol. The SMILES string of the molecule is COC(=O)c1ccc(Cl)cc1NC(=O)[C@@H]1CC(=O)N(c2ccc3c(c2)OCCO3)C1. The molecule has 156 valence electrons. The van der Waals surface area contributed by atoms with E-state index in [2.05, 4.69) is 5.32 Å². The Labute approximate surface area is 177 Å². The minimum atomic E-state index is -0.595. The van der Waals surface area contributed by atoms with Gasteiger partial charge in [-0.2, -0.15) is 0 Å². The third-order valence-corrected chi connectivity index (χ3v) is 5.21. The van der Waals surface area contributed by atoms with Gasteiger partial charge in [-0.05, 0) is 30.3 Å². The number of ether oxygens (including phenoxy) is 3. The molecule has 9 heteroatoms. The van der Waals surface area contributed by atoms with E-state index in [1.165, 1.54) is 25.3 Å². The fourth-order valence-corrected chi connectivity index (χ4v) is 3.65. The Morgan fingerprint density at radius 3 is 2.67 bits per heavy atom. The molecule has 2 aliphatic heterocycles. The zero-order chi connectivity index (χ0) is 21.3. The van der Waals surface area contributed by atoms with E-state index in [9.17, 15) is 14.4 Å². The molecule has 0 saturated carbocycles. The van der Waals surface area contributed by atoms with Crippen molar-refractivity contribution in [1.29, 1.82) is 0 Å². The van der Waals surface area contributed by atoms with Gasteiger partial charge in [-0.3, -0.25) is 9.59 Å². The molecule has 1 atom stereocenters. The van der Waals surface area contributed by atoms with Crippen LogP contribution in [-0.2, 0) is 14.3 Å². The lowest BCUT2D eigenvalue weighted by Gasteiger charge is -2.22. The van der Waals surface area contributed by atoms with E-state index in [1.807, 2.05) is 0 Å². The number of fused-ring (bicyclic) bond motifs is 1. The third kappa shape index (κ3) is 3.91. The summed E-state index contributed by atoms with van der Waals surface area (Å²) in [4.78, 5) is 38.9. The average Bonchev–Trinajstić information content (AvgIpc) is 3.15. The molecule has 2 aromatic rings. The van der Waals surface area contributed by atoms with Crippen LogP contribution in [0.5, 0.6) is 11.5 Å². The van der Waals surface area contributed by atoms with Crippen molar-refractivity contribution in [3.8, 4) is 11.5 Å². The lowest BCUT2D eigenvalue weighted by Crippen LogP contribution is -2.28. The largest absolute Gasteiger partial charge is 0.486 e. The Balaban J connectivity index is 1.50. The number of carbonyl (C=O) groups is 3. The number of rotatable bonds is 4. The second-order valence-corrected chi connectivity index (χ2v) is 7.34. The molecule has 1 saturated heterocycles. The molecule has 2 heterocycles. The first kappa shape index (κ1) is 20.0. The van der Waals surface area contributed by atoms with Crippen molar-refractivity contribution in [2.45, 2.75) is 6.42 Å². The van der Waals surface area contributed by atoms with Crippen LogP contribution in [0.15, 0.2) is 36.4 Å². The minimum absolute atomic E-state index is 0.0500. The quantitative estimate of drug-likeness (QED) is 0.749. The van der Waals surface area contributed by atoms with Crippen LogP contribution in [0.4, 0.5) is 11.4 Å². The number of hydrogen-bond donors (Lipinski definition) is 1. The van der Waals surface area contributed by atoms with E-state index in [-0.39, 0.29) is 36.0 Å². The lowest BCUT2D eigenvalue weighted by molar-refractivity contribution is -0.122. The molecule has 2 amide bonds. The van der Waals surface area contributed by atoms with Crippen molar-refractivity contribution in [1.82, 2.24) is 0 Å². The molecule has 0 radical (unpaired) electrons. The molecule has 0 bridgehead atoms. The molecule has 2 aliphatic rings. The summed E-state index contributed by atoms with van der Waals surface area (Å²) >= 11 is 6.00. The van der Waals surface area contributed by atoms with Crippen LogP contribution in [-0.4, -0.2) is 44.7 Å². The van der Waals surface area contributed by atoms with Gasteiger partial charge in [0.05, 0.1) is 24.3 Å². The van der Waals surface area contributed by atoms with Gasteiger partial charge in [-0.1, -0.05) is 11.6 Å². The smallest absolute Gasteiger partial charge is 0.339 e. The zero-order valence-electron chi connectivity index (χ0n) is 16.1. The number of hydrogen-bond acceptors (Lipinski definition) is 6. The topological polar surface area (TPSA) is 94.2 Å². The Kier molecular flexibility index (Phi) is 5.50. The molecule has 0 spiro atoms. The van der Waals surface area contributed by atoms with E-state index >= 15 is 0 Å². The highest BCUT2D eigenvalue weighted by atomic mass is 35.5. The molecule has 4 rings (SSSR count). The average molecular weight is 431 g/mol. The number of nitrogens with zero attached hydrogens (tertiary/aromatic N) is 1. The highest BCUT2D eigenvalue weighted by Crippen LogP contribution is 2.36. The van der Waals surface area contributed by atoms with Gasteiger partial charge < -0.3 is 24.4 Å². The standard InChI is InChI=1S/C21H19ClN2O6/c1-28-21(27)15-4-2-13(22)9-16(15)23-20(26)12-8-19(25)24(11-12)14-3-5-17-18(10-14)30-7-6-29-17/h2-5,9-10,12H,6-8,11H2,1H3,(H,23,26)/t12-/m1/s1. The maximum absolute atomic E-state index is 12.8. The predicted molar refractivity (Wildman–Crippen MR) is 109 cm³/mol. The van der Waals surface area contributed by atoms with Gasteiger partial charge in [0.15, 0.2) is 11.5 Å². The molecule has 2 aromatic carbocycles. The van der Waals surface area contributed by atoms with E-state index < -0.39 is 11.9 Å². The number of nitrogens with one attached hydrogen (secondary N) is 1. The van der Waals surface area contributed by atoms with Crippen molar-refractivity contribution in [3.63, 3.8) is 0 Å². The first-order valence-corrected chi connectivity index (χ1v) is 9.73. The number of anilines is 2. The lowest BCUT2D eigenvalue weighted by atomic mass is 10.1. The summed E-state index contributed by atoms with van der Waals surface area (Å²) in [5, 5.41) is 3.06. The number of methoxy groups -OCH3 is 1. The second-order valence-electron chi connectivity index (χ2n) is 6.90. The fraction of sp³-hybridized carbons (Fsp3) is 0.286. The van der Waals surface area contributed by atoms with E-state index in [4.69, 9.17) is 25.8 Å². The van der Waals surface area contributed by atoms with Gasteiger partial charge in [0.25, 0.3) is 0 Å². The monoisotopic (exact) mass is 430 g/mol. The van der Waals surface area contributed by atoms with Crippen LogP contribution in [0.3, 0.4) is 0 Å². The Hall–Kier alpha value is -3.26. The minimum Gasteiger partial charge on any atom is -0.486 e. The summed E-state index contributed by atoms with van der Waals surface area (Å²) in [6, 6.07) is 9.73. The van der Waals surface area contributed by atoms with Crippen LogP contribution >= 0.6 is 11.6 Å². The van der Waals surface area contributed by atoms with Crippen molar-refractivity contribution < 1.29 is 28.6 Å². The summed E-state index contributed by atoms with van der Waals surface area (Å²) in [5.74, 6) is -0.539. The number of halogens is 1. The van der Waals surface area contributed by atoms with Crippen molar-refractivity contribution >= 4 is 40.8 Å². The molecule has 1 fully saturated rings. The first-order valence-electron chi connectivity index (χ1n) is 9.35. The van der Waals surface area contributed by atoms with E-state index in [0.717, 1.165) is 0 Å². The molecule has 0 aliphatic carbocycles. The first-order chi connectivity index (χ1) is 14.5. The van der Waals surface area contributed by atoms with Crippen LogP contribution < -0.4 is 19.7 Å². The highest BCUT2D eigenvalue weighted by molar-refractivity contribution is 6.31. The van der Waals surface area contributed by atoms with Crippen LogP contribution in [0.1, 0.15) is 16.8 Å². The van der Waals surface area contributed by atoms with Gasteiger partial charge in [0, 0.05) is 29.7 Å². The van der Waals surface area contributed by atoms with Crippen molar-refractivity contribution in [2.75, 3.05) is 37.1 Å². The maximum Gasteiger partial charge on any atom is 0.339 e. The van der Waals surface area contributed by atoms with Gasteiger partial charge in [0.2, 0.25) is 11.8 Å². The molecule has 0 aromatic heterocycles. The molecule has 30 heavy (non-hydrogen) atoms. The molecule has 1 N–H and O–H groups in total. The van der Waals surface area contributed by atoms with E-state index in [1.54, 1.807) is 23.1 Å². The van der Waals surface area contributed by atoms with Gasteiger partial charge in [-0.15, -0.1) is 0 Å². The summed E-state index contributed by atoms with van der Waals surface area (Å²) < 4.78 is 15.8. The second kappa shape index (κ2) is 8.23. The van der Waals surface area contributed by atoms with Gasteiger partial charge >= 0.3 is 5.97 Å². The number of carbonyl (C=O) groups excluding carboxylic acids is 3. The van der Waals surface area contributed by atoms with Crippen LogP contribution in [0.25, 0.3) is 0 Å². The molecule has 8 nitrogen and oxygen atoms in total. The summed E-state index contributed by atoms with van der Waals surface area (Å²) in [6.07, 6.45) is 0.0500. The van der Waals surface area contributed by atoms with Crippen molar-refractivity contribution in [3.05, 3.63) is 47.0 Å². The normalized spacial score (nSPS) is 17.6. The summed E-state index contributed by atoms with van der Waals surface area (Å²) in [7, 11) is 1.25. The van der Waals surface area contributed by atoms with Crippen LogP contribution in [0, 0.1) is 5.92 Å².